The molecule has 0 spiro atoms. The molecule has 1 aromatic heterocycles. The van der Waals surface area contributed by atoms with Crippen molar-refractivity contribution in [3.63, 3.8) is 0 Å². The predicted octanol–water partition coefficient (Wildman–Crippen LogP) is 4.96. The number of aromatic nitrogens is 1. The SMILES string of the molecule is Cc1nc2ccc(NC3CC(c4ccccc4)C3)cc2s1. The number of aryl methyl sites for hydroxylation is 1. The molecule has 3 heteroatoms. The van der Waals surface area contributed by atoms with Crippen LogP contribution >= 0.6 is 11.3 Å². The van der Waals surface area contributed by atoms with Gasteiger partial charge in [0.2, 0.25) is 0 Å². The van der Waals surface area contributed by atoms with Crippen molar-refractivity contribution in [1.29, 1.82) is 0 Å². The van der Waals surface area contributed by atoms with Crippen molar-refractivity contribution in [1.82, 2.24) is 4.98 Å². The van der Waals surface area contributed by atoms with Gasteiger partial charge in [-0.1, -0.05) is 30.3 Å². The Bertz CT molecular complexity index is 757. The summed E-state index contributed by atoms with van der Waals surface area (Å²) in [4.78, 5) is 4.51. The maximum atomic E-state index is 4.51. The Balaban J connectivity index is 1.43. The molecule has 0 radical (unpaired) electrons. The second kappa shape index (κ2) is 5.15. The van der Waals surface area contributed by atoms with Crippen molar-refractivity contribution in [2.24, 2.45) is 0 Å². The lowest BCUT2D eigenvalue weighted by molar-refractivity contribution is 0.374. The van der Waals surface area contributed by atoms with Gasteiger partial charge in [0.05, 0.1) is 15.2 Å². The molecule has 0 bridgehead atoms. The number of hydrogen-bond donors (Lipinski definition) is 1. The molecule has 0 aliphatic heterocycles. The molecule has 1 aliphatic carbocycles. The summed E-state index contributed by atoms with van der Waals surface area (Å²) in [6, 6.07) is 17.9. The highest BCUT2D eigenvalue weighted by molar-refractivity contribution is 7.18. The topological polar surface area (TPSA) is 24.9 Å². The van der Waals surface area contributed by atoms with Crippen LogP contribution in [0.25, 0.3) is 10.2 Å². The van der Waals surface area contributed by atoms with Gasteiger partial charge in [-0.15, -0.1) is 11.3 Å². The lowest BCUT2D eigenvalue weighted by Gasteiger charge is -2.37. The largest absolute Gasteiger partial charge is 0.382 e. The summed E-state index contributed by atoms with van der Waals surface area (Å²) in [5.41, 5.74) is 3.81. The van der Waals surface area contributed by atoms with Gasteiger partial charge in [0.15, 0.2) is 0 Å². The van der Waals surface area contributed by atoms with Gasteiger partial charge >= 0.3 is 0 Å². The van der Waals surface area contributed by atoms with E-state index in [4.69, 9.17) is 0 Å². The fourth-order valence-electron chi connectivity index (χ4n) is 3.10. The molecule has 1 N–H and O–H groups in total. The van der Waals surface area contributed by atoms with Crippen molar-refractivity contribution in [2.45, 2.75) is 31.7 Å². The van der Waals surface area contributed by atoms with Gasteiger partial charge in [-0.25, -0.2) is 4.98 Å². The molecule has 0 saturated heterocycles. The number of thiazole rings is 1. The maximum Gasteiger partial charge on any atom is 0.0907 e. The third-order valence-electron chi connectivity index (χ3n) is 4.28. The molecular weight excluding hydrogens is 276 g/mol. The second-order valence-electron chi connectivity index (χ2n) is 5.84. The zero-order chi connectivity index (χ0) is 14.2. The quantitative estimate of drug-likeness (QED) is 0.738. The maximum absolute atomic E-state index is 4.51. The number of anilines is 1. The summed E-state index contributed by atoms with van der Waals surface area (Å²) >= 11 is 1.77. The molecule has 2 aromatic carbocycles. The fourth-order valence-corrected chi connectivity index (χ4v) is 3.96. The smallest absolute Gasteiger partial charge is 0.0907 e. The Kier molecular flexibility index (Phi) is 3.15. The van der Waals surface area contributed by atoms with Gasteiger partial charge in [0.1, 0.15) is 0 Å². The Labute approximate surface area is 128 Å². The van der Waals surface area contributed by atoms with Crippen molar-refractivity contribution >= 4 is 27.2 Å². The van der Waals surface area contributed by atoms with Crippen LogP contribution in [0.3, 0.4) is 0 Å². The number of nitrogens with one attached hydrogen (secondary N) is 1. The summed E-state index contributed by atoms with van der Waals surface area (Å²) < 4.78 is 1.27. The van der Waals surface area contributed by atoms with Crippen LogP contribution in [0.5, 0.6) is 0 Å². The number of nitrogens with zero attached hydrogens (tertiary/aromatic N) is 1. The molecule has 1 aliphatic rings. The van der Waals surface area contributed by atoms with Crippen LogP contribution in [0.15, 0.2) is 48.5 Å². The van der Waals surface area contributed by atoms with Gasteiger partial charge in [-0.3, -0.25) is 0 Å². The zero-order valence-electron chi connectivity index (χ0n) is 12.0. The van der Waals surface area contributed by atoms with Crippen LogP contribution in [0, 0.1) is 6.92 Å². The molecule has 2 nitrogen and oxygen atoms in total. The van der Waals surface area contributed by atoms with Gasteiger partial charge in [-0.05, 0) is 49.4 Å². The van der Waals surface area contributed by atoms with Crippen molar-refractivity contribution in [3.8, 4) is 0 Å². The predicted molar refractivity (Wildman–Crippen MR) is 90.2 cm³/mol. The molecule has 3 aromatic rings. The first-order valence-corrected chi connectivity index (χ1v) is 8.28. The van der Waals surface area contributed by atoms with Gasteiger partial charge in [0, 0.05) is 11.7 Å². The molecule has 0 atom stereocenters. The van der Waals surface area contributed by atoms with Crippen LogP contribution in [0.4, 0.5) is 5.69 Å². The monoisotopic (exact) mass is 294 g/mol. The average molecular weight is 294 g/mol. The first kappa shape index (κ1) is 12.8. The van der Waals surface area contributed by atoms with E-state index in [0.29, 0.717) is 6.04 Å². The Morgan fingerprint density at radius 1 is 1.10 bits per heavy atom. The van der Waals surface area contributed by atoms with Crippen molar-refractivity contribution < 1.29 is 0 Å². The van der Waals surface area contributed by atoms with Crippen LogP contribution in [0.1, 0.15) is 29.3 Å². The highest BCUT2D eigenvalue weighted by atomic mass is 32.1. The Morgan fingerprint density at radius 2 is 1.90 bits per heavy atom. The highest BCUT2D eigenvalue weighted by Gasteiger charge is 2.29. The minimum Gasteiger partial charge on any atom is -0.382 e. The first-order chi connectivity index (χ1) is 10.3. The van der Waals surface area contributed by atoms with Crippen LogP contribution in [-0.4, -0.2) is 11.0 Å². The van der Waals surface area contributed by atoms with E-state index >= 15 is 0 Å². The summed E-state index contributed by atoms with van der Waals surface area (Å²) in [6.07, 6.45) is 2.45. The third-order valence-corrected chi connectivity index (χ3v) is 5.21. The van der Waals surface area contributed by atoms with Gasteiger partial charge < -0.3 is 5.32 Å². The summed E-state index contributed by atoms with van der Waals surface area (Å²) in [5, 5.41) is 4.79. The van der Waals surface area contributed by atoms with E-state index in [2.05, 4.69) is 65.8 Å². The first-order valence-electron chi connectivity index (χ1n) is 7.46. The van der Waals surface area contributed by atoms with E-state index in [1.54, 1.807) is 11.3 Å². The van der Waals surface area contributed by atoms with E-state index in [-0.39, 0.29) is 0 Å². The van der Waals surface area contributed by atoms with Gasteiger partial charge in [0.25, 0.3) is 0 Å². The second-order valence-corrected chi connectivity index (χ2v) is 7.07. The van der Waals surface area contributed by atoms with Crippen LogP contribution < -0.4 is 5.32 Å². The molecule has 106 valence electrons. The fraction of sp³-hybridized carbons (Fsp3) is 0.278. The van der Waals surface area contributed by atoms with E-state index in [1.165, 1.54) is 28.8 Å². The van der Waals surface area contributed by atoms with E-state index in [0.717, 1.165) is 16.4 Å². The van der Waals surface area contributed by atoms with E-state index < -0.39 is 0 Å². The number of rotatable bonds is 3. The molecule has 1 heterocycles. The molecule has 0 unspecified atom stereocenters. The standard InChI is InChI=1S/C18H18N2S/c1-12-19-17-8-7-15(11-18(17)21-12)20-16-9-14(10-16)13-5-3-2-4-6-13/h2-8,11,14,16,20H,9-10H2,1H3. The molecule has 21 heavy (non-hydrogen) atoms. The van der Waals surface area contributed by atoms with Crippen molar-refractivity contribution in [2.75, 3.05) is 5.32 Å². The van der Waals surface area contributed by atoms with E-state index in [9.17, 15) is 0 Å². The van der Waals surface area contributed by atoms with Gasteiger partial charge in [-0.2, -0.15) is 0 Å². The summed E-state index contributed by atoms with van der Waals surface area (Å²) in [7, 11) is 0. The molecular formula is C18H18N2S. The number of fused-ring (bicyclic) bond motifs is 1. The molecule has 1 saturated carbocycles. The molecule has 4 rings (SSSR count). The summed E-state index contributed by atoms with van der Waals surface area (Å²) in [5.74, 6) is 0.720. The third kappa shape index (κ3) is 2.54. The number of benzene rings is 2. The lowest BCUT2D eigenvalue weighted by atomic mass is 9.76. The normalized spacial score (nSPS) is 21.2. The lowest BCUT2D eigenvalue weighted by Crippen LogP contribution is -2.33. The zero-order valence-corrected chi connectivity index (χ0v) is 12.9. The Morgan fingerprint density at radius 3 is 2.71 bits per heavy atom. The van der Waals surface area contributed by atoms with Crippen LogP contribution in [0.2, 0.25) is 0 Å². The number of hydrogen-bond acceptors (Lipinski definition) is 3. The van der Waals surface area contributed by atoms with Crippen LogP contribution in [-0.2, 0) is 0 Å². The Hall–Kier alpha value is -1.87. The summed E-state index contributed by atoms with van der Waals surface area (Å²) in [6.45, 7) is 2.06. The average Bonchev–Trinajstić information content (AvgIpc) is 2.82. The van der Waals surface area contributed by atoms with Crippen molar-refractivity contribution in [3.05, 3.63) is 59.1 Å². The minimum atomic E-state index is 0.599. The van der Waals surface area contributed by atoms with E-state index in [1.807, 2.05) is 0 Å². The minimum absolute atomic E-state index is 0.599. The molecule has 1 fully saturated rings. The molecule has 0 amide bonds. The highest BCUT2D eigenvalue weighted by Crippen LogP contribution is 2.38.